The SMILES string of the molecule is COc1ccc(C)cc1-c1ccc(C(C)(C)O)c(=O)n1C. The first kappa shape index (κ1) is 15.3. The van der Waals surface area contributed by atoms with E-state index in [4.69, 9.17) is 4.74 Å². The number of hydrogen-bond donors (Lipinski definition) is 1. The summed E-state index contributed by atoms with van der Waals surface area (Å²) in [5, 5.41) is 10.1. The molecule has 1 N–H and O–H groups in total. The molecule has 1 heterocycles. The summed E-state index contributed by atoms with van der Waals surface area (Å²) in [6.45, 7) is 5.21. The molecule has 21 heavy (non-hydrogen) atoms. The second kappa shape index (κ2) is 5.37. The summed E-state index contributed by atoms with van der Waals surface area (Å²) >= 11 is 0. The van der Waals surface area contributed by atoms with E-state index in [1.54, 1.807) is 38.6 Å². The molecule has 1 aromatic carbocycles. The minimum atomic E-state index is -1.16. The average molecular weight is 287 g/mol. The van der Waals surface area contributed by atoms with Crippen molar-refractivity contribution >= 4 is 0 Å². The fourth-order valence-corrected chi connectivity index (χ4v) is 2.39. The molecule has 0 unspecified atom stereocenters. The Kier molecular flexibility index (Phi) is 3.92. The molecule has 0 aliphatic heterocycles. The summed E-state index contributed by atoms with van der Waals surface area (Å²) in [5.41, 5.74) is 1.71. The highest BCUT2D eigenvalue weighted by molar-refractivity contribution is 5.68. The Morgan fingerprint density at radius 3 is 2.43 bits per heavy atom. The van der Waals surface area contributed by atoms with Gasteiger partial charge in [-0.05, 0) is 45.0 Å². The van der Waals surface area contributed by atoms with Gasteiger partial charge in [0.05, 0.1) is 18.4 Å². The summed E-state index contributed by atoms with van der Waals surface area (Å²) in [4.78, 5) is 12.5. The lowest BCUT2D eigenvalue weighted by molar-refractivity contribution is 0.0766. The van der Waals surface area contributed by atoms with E-state index in [1.165, 1.54) is 0 Å². The molecular weight excluding hydrogens is 266 g/mol. The van der Waals surface area contributed by atoms with Crippen molar-refractivity contribution in [2.24, 2.45) is 7.05 Å². The zero-order valence-electron chi connectivity index (χ0n) is 13.1. The standard InChI is InChI=1S/C17H21NO3/c1-11-6-9-15(21-5)12(10-11)14-8-7-13(17(2,3)20)16(19)18(14)4/h6-10,20H,1-5H3. The maximum atomic E-state index is 12.5. The van der Waals surface area contributed by atoms with Crippen molar-refractivity contribution in [2.75, 3.05) is 7.11 Å². The van der Waals surface area contributed by atoms with Crippen LogP contribution in [0.25, 0.3) is 11.3 Å². The number of pyridine rings is 1. The van der Waals surface area contributed by atoms with Gasteiger partial charge in [-0.3, -0.25) is 4.79 Å². The van der Waals surface area contributed by atoms with Crippen LogP contribution in [0.4, 0.5) is 0 Å². The predicted octanol–water partition coefficient (Wildman–Crippen LogP) is 2.60. The third-order valence-corrected chi connectivity index (χ3v) is 3.59. The summed E-state index contributed by atoms with van der Waals surface area (Å²) in [7, 11) is 3.31. The molecule has 0 saturated carbocycles. The van der Waals surface area contributed by atoms with Crippen LogP contribution in [0, 0.1) is 6.92 Å². The van der Waals surface area contributed by atoms with Crippen molar-refractivity contribution in [3.8, 4) is 17.0 Å². The van der Waals surface area contributed by atoms with E-state index in [0.29, 0.717) is 11.3 Å². The van der Waals surface area contributed by atoms with Crippen LogP contribution < -0.4 is 10.3 Å². The maximum Gasteiger partial charge on any atom is 0.256 e. The Labute approximate surface area is 124 Å². The van der Waals surface area contributed by atoms with E-state index in [9.17, 15) is 9.90 Å². The van der Waals surface area contributed by atoms with Crippen LogP contribution in [0.1, 0.15) is 25.0 Å². The quantitative estimate of drug-likeness (QED) is 0.944. The average Bonchev–Trinajstić information content (AvgIpc) is 2.40. The van der Waals surface area contributed by atoms with Gasteiger partial charge in [-0.1, -0.05) is 11.6 Å². The first-order chi connectivity index (χ1) is 9.75. The van der Waals surface area contributed by atoms with Crippen molar-refractivity contribution in [1.29, 1.82) is 0 Å². The second-order valence-corrected chi connectivity index (χ2v) is 5.76. The summed E-state index contributed by atoms with van der Waals surface area (Å²) < 4.78 is 6.93. The molecule has 0 bridgehead atoms. The third-order valence-electron chi connectivity index (χ3n) is 3.59. The molecule has 4 nitrogen and oxygen atoms in total. The van der Waals surface area contributed by atoms with Crippen LogP contribution >= 0.6 is 0 Å². The lowest BCUT2D eigenvalue weighted by Crippen LogP contribution is -2.31. The van der Waals surface area contributed by atoms with E-state index >= 15 is 0 Å². The van der Waals surface area contributed by atoms with Gasteiger partial charge in [0.15, 0.2) is 0 Å². The number of hydrogen-bond acceptors (Lipinski definition) is 3. The van der Waals surface area contributed by atoms with E-state index < -0.39 is 5.60 Å². The molecule has 1 aromatic heterocycles. The van der Waals surface area contributed by atoms with Gasteiger partial charge in [-0.15, -0.1) is 0 Å². The number of nitrogens with zero attached hydrogens (tertiary/aromatic N) is 1. The molecule has 4 heteroatoms. The maximum absolute atomic E-state index is 12.5. The van der Waals surface area contributed by atoms with Gasteiger partial charge < -0.3 is 14.4 Å². The topological polar surface area (TPSA) is 51.5 Å². The molecule has 2 rings (SSSR count). The Morgan fingerprint density at radius 2 is 1.86 bits per heavy atom. The monoisotopic (exact) mass is 287 g/mol. The highest BCUT2D eigenvalue weighted by Gasteiger charge is 2.22. The lowest BCUT2D eigenvalue weighted by Gasteiger charge is -2.20. The predicted molar refractivity (Wildman–Crippen MR) is 83.7 cm³/mol. The van der Waals surface area contributed by atoms with Crippen LogP contribution in [0.3, 0.4) is 0 Å². The Balaban J connectivity index is 2.70. The Morgan fingerprint density at radius 1 is 1.19 bits per heavy atom. The van der Waals surface area contributed by atoms with Gasteiger partial charge >= 0.3 is 0 Å². The van der Waals surface area contributed by atoms with Crippen molar-refractivity contribution in [3.05, 3.63) is 51.8 Å². The fourth-order valence-electron chi connectivity index (χ4n) is 2.39. The van der Waals surface area contributed by atoms with Gasteiger partial charge in [-0.25, -0.2) is 0 Å². The van der Waals surface area contributed by atoms with Gasteiger partial charge in [0, 0.05) is 18.2 Å². The fraction of sp³-hybridized carbons (Fsp3) is 0.353. The molecule has 0 radical (unpaired) electrons. The third kappa shape index (κ3) is 2.85. The minimum Gasteiger partial charge on any atom is -0.496 e. The molecule has 0 spiro atoms. The number of aromatic nitrogens is 1. The van der Waals surface area contributed by atoms with Crippen LogP contribution in [0.5, 0.6) is 5.75 Å². The number of aliphatic hydroxyl groups is 1. The molecular formula is C17H21NO3. The largest absolute Gasteiger partial charge is 0.496 e. The summed E-state index contributed by atoms with van der Waals surface area (Å²) in [6, 6.07) is 9.35. The number of rotatable bonds is 3. The van der Waals surface area contributed by atoms with Crippen LogP contribution in [-0.4, -0.2) is 16.8 Å². The van der Waals surface area contributed by atoms with Crippen molar-refractivity contribution in [1.82, 2.24) is 4.57 Å². The second-order valence-electron chi connectivity index (χ2n) is 5.76. The summed E-state index contributed by atoms with van der Waals surface area (Å²) in [5.74, 6) is 0.714. The number of ether oxygens (including phenoxy) is 1. The van der Waals surface area contributed by atoms with Gasteiger partial charge in [-0.2, -0.15) is 0 Å². The normalized spacial score (nSPS) is 11.5. The number of benzene rings is 1. The number of aryl methyl sites for hydroxylation is 1. The van der Waals surface area contributed by atoms with Gasteiger partial charge in [0.2, 0.25) is 0 Å². The van der Waals surface area contributed by atoms with Gasteiger partial charge in [0.25, 0.3) is 5.56 Å². The van der Waals surface area contributed by atoms with Crippen LogP contribution in [0.2, 0.25) is 0 Å². The smallest absolute Gasteiger partial charge is 0.256 e. The van der Waals surface area contributed by atoms with Crippen molar-refractivity contribution < 1.29 is 9.84 Å². The minimum absolute atomic E-state index is 0.205. The highest BCUT2D eigenvalue weighted by Crippen LogP contribution is 2.30. The zero-order chi connectivity index (χ0) is 15.8. The molecule has 0 amide bonds. The first-order valence-corrected chi connectivity index (χ1v) is 6.83. The zero-order valence-corrected chi connectivity index (χ0v) is 13.1. The molecule has 0 atom stereocenters. The van der Waals surface area contributed by atoms with E-state index in [2.05, 4.69) is 0 Å². The highest BCUT2D eigenvalue weighted by atomic mass is 16.5. The van der Waals surface area contributed by atoms with Crippen molar-refractivity contribution in [2.45, 2.75) is 26.4 Å². The number of methoxy groups -OCH3 is 1. The van der Waals surface area contributed by atoms with E-state index in [-0.39, 0.29) is 5.56 Å². The van der Waals surface area contributed by atoms with Crippen molar-refractivity contribution in [3.63, 3.8) is 0 Å². The van der Waals surface area contributed by atoms with E-state index in [1.807, 2.05) is 31.2 Å². The molecule has 0 aliphatic carbocycles. The molecule has 0 saturated heterocycles. The Bertz CT molecular complexity index is 724. The van der Waals surface area contributed by atoms with Gasteiger partial charge in [0.1, 0.15) is 5.75 Å². The van der Waals surface area contributed by atoms with E-state index in [0.717, 1.165) is 16.8 Å². The van der Waals surface area contributed by atoms with Crippen LogP contribution in [-0.2, 0) is 12.6 Å². The molecule has 0 aliphatic rings. The van der Waals surface area contributed by atoms with Crippen LogP contribution in [0.15, 0.2) is 35.1 Å². The summed E-state index contributed by atoms with van der Waals surface area (Å²) in [6.07, 6.45) is 0. The lowest BCUT2D eigenvalue weighted by atomic mass is 9.98. The molecule has 112 valence electrons. The molecule has 0 fully saturated rings. The Hall–Kier alpha value is -2.07. The first-order valence-electron chi connectivity index (χ1n) is 6.83. The molecule has 2 aromatic rings.